The van der Waals surface area contributed by atoms with Crippen molar-refractivity contribution in [3.63, 3.8) is 0 Å². The van der Waals surface area contributed by atoms with Crippen LogP contribution in [0.5, 0.6) is 46.0 Å². The molecule has 0 saturated carbocycles. The van der Waals surface area contributed by atoms with Gasteiger partial charge in [0, 0.05) is 79.5 Å². The van der Waals surface area contributed by atoms with E-state index < -0.39 is 0 Å². The molecule has 0 saturated heterocycles. The maximum absolute atomic E-state index is 11.3. The molecule has 0 radical (unpaired) electrons. The van der Waals surface area contributed by atoms with Gasteiger partial charge < -0.3 is 53.2 Å². The Labute approximate surface area is 357 Å². The van der Waals surface area contributed by atoms with Crippen molar-refractivity contribution in [3.05, 3.63) is 91.0 Å². The van der Waals surface area contributed by atoms with E-state index in [1.807, 2.05) is 0 Å². The van der Waals surface area contributed by atoms with Crippen LogP contribution in [0.1, 0.15) is 169 Å². The highest BCUT2D eigenvalue weighted by Gasteiger charge is 2.41. The van der Waals surface area contributed by atoms with Crippen LogP contribution in [0.4, 0.5) is 0 Å². The highest BCUT2D eigenvalue weighted by molar-refractivity contribution is 7.79. The molecule has 60 heavy (non-hydrogen) atoms. The standard InChI is InChI=1S/C48H56O11S/c1-5-9-25-29-13-30-26(10-6-2)32-15-34-28(12-8-4)36-16-35-27(11-7-3)33-14-31(25)43-38(18-50)45(33)56-23-58-47(35)40(20-60)48(36)59-24-57-46(34)39(19-51)44(32)55-22-53-42(30)37(17-49)41(29)52-21-54-43/h13-16,25-28,49-51,60H,5-12,17-24H2,1-4H3. The first kappa shape index (κ1) is 40.9. The van der Waals surface area contributed by atoms with E-state index in [9.17, 15) is 15.3 Å². The fraction of sp³-hybridized carbons (Fsp3) is 0.500. The SMILES string of the molecule is CCCC1c2cc3c4c(CO)c2OCOc2c1cc1c(c2CO)OCOc2c(cc5c(c2CS)OCOc2c(cc(c(c2CO)OCO4)C3CCC)C5CCC)C1CCC. The van der Waals surface area contributed by atoms with Crippen molar-refractivity contribution in [1.82, 2.24) is 0 Å². The molecule has 4 aromatic rings. The number of hydrogen-bond acceptors (Lipinski definition) is 12. The normalized spacial score (nSPS) is 20.3. The van der Waals surface area contributed by atoms with Gasteiger partial charge in [-0.1, -0.05) is 53.4 Å². The average Bonchev–Trinajstić information content (AvgIpc) is 3.24. The topological polar surface area (TPSA) is 135 Å². The van der Waals surface area contributed by atoms with Crippen LogP contribution in [0, 0.1) is 0 Å². The van der Waals surface area contributed by atoms with Crippen molar-refractivity contribution in [1.29, 1.82) is 0 Å². The van der Waals surface area contributed by atoms with Crippen LogP contribution in [-0.2, 0) is 25.6 Å². The lowest BCUT2D eigenvalue weighted by atomic mass is 9.74. The van der Waals surface area contributed by atoms with Gasteiger partial charge in [0.1, 0.15) is 46.0 Å². The number of ether oxygens (including phenoxy) is 8. The molecule has 4 aliphatic heterocycles. The number of aliphatic hydroxyl groups is 3. The summed E-state index contributed by atoms with van der Waals surface area (Å²) in [6.45, 7) is 7.11. The first-order chi connectivity index (χ1) is 29.5. The van der Waals surface area contributed by atoms with Crippen molar-refractivity contribution in [2.45, 2.75) is 128 Å². The van der Waals surface area contributed by atoms with Gasteiger partial charge in [0.15, 0.2) is 0 Å². The lowest BCUT2D eigenvalue weighted by molar-refractivity contribution is 0.0898. The molecule has 4 unspecified atom stereocenters. The Balaban J connectivity index is 1.50. The van der Waals surface area contributed by atoms with Gasteiger partial charge in [-0.3, -0.25) is 0 Å². The largest absolute Gasteiger partial charge is 0.457 e. The maximum Gasteiger partial charge on any atom is 0.230 e. The molecule has 0 spiro atoms. The Morgan fingerprint density at radius 3 is 0.750 bits per heavy atom. The van der Waals surface area contributed by atoms with Crippen molar-refractivity contribution >= 4 is 12.6 Å². The maximum atomic E-state index is 11.3. The second kappa shape index (κ2) is 17.1. The van der Waals surface area contributed by atoms with Crippen LogP contribution in [0.25, 0.3) is 0 Å². The fourth-order valence-electron chi connectivity index (χ4n) is 10.7. The van der Waals surface area contributed by atoms with E-state index >= 15 is 0 Å². The van der Waals surface area contributed by atoms with Crippen LogP contribution >= 0.6 is 12.6 Å². The summed E-state index contributed by atoms with van der Waals surface area (Å²) >= 11 is 4.93. The van der Waals surface area contributed by atoms with E-state index in [2.05, 4.69) is 52.0 Å². The molecule has 4 heterocycles. The Morgan fingerprint density at radius 2 is 0.583 bits per heavy atom. The van der Waals surface area contributed by atoms with Gasteiger partial charge >= 0.3 is 0 Å². The summed E-state index contributed by atoms with van der Waals surface area (Å²) in [4.78, 5) is 0. The van der Waals surface area contributed by atoms with Crippen LogP contribution in [-0.4, -0.2) is 42.5 Å². The van der Waals surface area contributed by atoms with E-state index in [0.717, 1.165) is 101 Å². The van der Waals surface area contributed by atoms with Crippen LogP contribution in [0.15, 0.2) is 24.3 Å². The quantitative estimate of drug-likeness (QED) is 0.102. The number of rotatable bonds is 12. The molecular formula is C48H56O11S. The van der Waals surface area contributed by atoms with Gasteiger partial charge in [-0.15, -0.1) is 0 Å². The van der Waals surface area contributed by atoms with Crippen LogP contribution in [0.2, 0.25) is 0 Å². The summed E-state index contributed by atoms with van der Waals surface area (Å²) in [6.07, 6.45) is 6.36. The van der Waals surface area contributed by atoms with Gasteiger partial charge in [0.2, 0.25) is 27.2 Å². The molecule has 4 atom stereocenters. The lowest BCUT2D eigenvalue weighted by Crippen LogP contribution is -2.25. The number of hydrogen-bond donors (Lipinski definition) is 4. The monoisotopic (exact) mass is 840 g/mol. The van der Waals surface area contributed by atoms with Crippen molar-refractivity contribution in [2.24, 2.45) is 0 Å². The van der Waals surface area contributed by atoms with E-state index in [1.165, 1.54) is 0 Å². The average molecular weight is 841 g/mol. The Hall–Kier alpha value is -4.49. The zero-order valence-electron chi connectivity index (χ0n) is 35.0. The molecule has 9 rings (SSSR count). The summed E-state index contributed by atoms with van der Waals surface area (Å²) in [5.74, 6) is 3.97. The number of aliphatic hydroxyl groups excluding tert-OH is 3. The molecule has 5 aliphatic rings. The number of thiol groups is 1. The number of benzene rings is 4. The third-order valence-electron chi connectivity index (χ3n) is 13.1. The van der Waals surface area contributed by atoms with E-state index in [1.54, 1.807) is 0 Å². The molecule has 320 valence electrons. The third-order valence-corrected chi connectivity index (χ3v) is 13.4. The Morgan fingerprint density at radius 1 is 0.383 bits per heavy atom. The molecule has 0 amide bonds. The third kappa shape index (κ3) is 6.43. The van der Waals surface area contributed by atoms with Crippen molar-refractivity contribution < 1.29 is 53.2 Å². The van der Waals surface area contributed by atoms with Crippen molar-refractivity contribution in [2.75, 3.05) is 27.2 Å². The summed E-state index contributed by atoms with van der Waals surface area (Å²) in [5.41, 5.74) is 10.0. The molecule has 0 aromatic heterocycles. The zero-order valence-corrected chi connectivity index (χ0v) is 35.9. The fourth-order valence-corrected chi connectivity index (χ4v) is 11.0. The molecule has 0 fully saturated rings. The Kier molecular flexibility index (Phi) is 11.7. The second-order valence-corrected chi connectivity index (χ2v) is 16.7. The molecular weight excluding hydrogens is 785 g/mol. The van der Waals surface area contributed by atoms with Gasteiger partial charge in [0.05, 0.1) is 36.5 Å². The molecule has 4 aromatic carbocycles. The van der Waals surface area contributed by atoms with Gasteiger partial charge in [-0.25, -0.2) is 0 Å². The highest BCUT2D eigenvalue weighted by Crippen LogP contribution is 2.58. The summed E-state index contributed by atoms with van der Waals surface area (Å²) < 4.78 is 52.6. The second-order valence-electron chi connectivity index (χ2n) is 16.4. The smallest absolute Gasteiger partial charge is 0.230 e. The van der Waals surface area contributed by atoms with E-state index in [4.69, 9.17) is 50.5 Å². The van der Waals surface area contributed by atoms with Gasteiger partial charge in [-0.05, 0) is 49.9 Å². The summed E-state index contributed by atoms with van der Waals surface area (Å²) in [5, 5.41) is 33.9. The van der Waals surface area contributed by atoms with E-state index in [-0.39, 0.29) is 70.7 Å². The first-order valence-electron chi connectivity index (χ1n) is 21.7. The molecule has 12 heteroatoms. The molecule has 1 aliphatic carbocycles. The molecule has 8 bridgehead atoms. The highest BCUT2D eigenvalue weighted by atomic mass is 32.1. The van der Waals surface area contributed by atoms with Crippen LogP contribution < -0.4 is 37.9 Å². The van der Waals surface area contributed by atoms with E-state index in [0.29, 0.717) is 68.4 Å². The minimum absolute atomic E-state index is 0.115. The van der Waals surface area contributed by atoms with Crippen LogP contribution in [0.3, 0.4) is 0 Å². The Bertz CT molecular complexity index is 1850. The van der Waals surface area contributed by atoms with Crippen molar-refractivity contribution in [3.8, 4) is 46.0 Å². The predicted molar refractivity (Wildman–Crippen MR) is 228 cm³/mol. The lowest BCUT2D eigenvalue weighted by Gasteiger charge is -2.37. The molecule has 11 nitrogen and oxygen atoms in total. The summed E-state index contributed by atoms with van der Waals surface area (Å²) in [7, 11) is 0. The van der Waals surface area contributed by atoms with Gasteiger partial charge in [-0.2, -0.15) is 12.6 Å². The van der Waals surface area contributed by atoms with Gasteiger partial charge in [0.25, 0.3) is 0 Å². The molecule has 3 N–H and O–H groups in total. The predicted octanol–water partition coefficient (Wildman–Crippen LogP) is 9.55. The minimum Gasteiger partial charge on any atom is -0.457 e. The summed E-state index contributed by atoms with van der Waals surface area (Å²) in [6, 6.07) is 8.96. The first-order valence-corrected chi connectivity index (χ1v) is 22.3. The minimum atomic E-state index is -0.340. The zero-order chi connectivity index (χ0) is 41.7.